The fraction of sp³-hybridized carbons (Fsp3) is 0.321. The Kier molecular flexibility index (Phi) is 9.24. The van der Waals surface area contributed by atoms with Crippen LogP contribution in [0.5, 0.6) is 0 Å². The molecular weight excluding hydrogens is 564 g/mol. The number of amides is 1. The van der Waals surface area contributed by atoms with Gasteiger partial charge in [-0.25, -0.2) is 15.0 Å². The molecule has 3 N–H and O–H groups in total. The van der Waals surface area contributed by atoms with Gasteiger partial charge in [-0.15, -0.1) is 0 Å². The van der Waals surface area contributed by atoms with E-state index in [0.29, 0.717) is 6.42 Å². The van der Waals surface area contributed by atoms with E-state index in [4.69, 9.17) is 0 Å². The van der Waals surface area contributed by atoms with Crippen molar-refractivity contribution in [3.8, 4) is 11.4 Å². The lowest BCUT2D eigenvalue weighted by molar-refractivity contribution is -0.138. The van der Waals surface area contributed by atoms with Gasteiger partial charge < -0.3 is 16.0 Å². The molecule has 0 aliphatic heterocycles. The zero-order valence-electron chi connectivity index (χ0n) is 22.6. The van der Waals surface area contributed by atoms with Crippen molar-refractivity contribution in [3.63, 3.8) is 0 Å². The summed E-state index contributed by atoms with van der Waals surface area (Å²) in [5, 5.41) is 9.08. The van der Waals surface area contributed by atoms with Gasteiger partial charge in [0.05, 0.1) is 22.2 Å². The molecular formula is C28H27F6N7O. The Morgan fingerprint density at radius 1 is 0.929 bits per heavy atom. The van der Waals surface area contributed by atoms with Crippen LogP contribution in [0.1, 0.15) is 48.4 Å². The molecule has 0 saturated heterocycles. The first-order valence-electron chi connectivity index (χ1n) is 13.0. The fourth-order valence-electron chi connectivity index (χ4n) is 4.13. The van der Waals surface area contributed by atoms with Crippen molar-refractivity contribution >= 4 is 28.4 Å². The number of rotatable bonds is 10. The van der Waals surface area contributed by atoms with Gasteiger partial charge in [-0.05, 0) is 81.4 Å². The molecule has 0 saturated carbocycles. The third-order valence-electron chi connectivity index (χ3n) is 6.21. The van der Waals surface area contributed by atoms with Crippen molar-refractivity contribution in [2.24, 2.45) is 0 Å². The highest BCUT2D eigenvalue weighted by molar-refractivity contribution is 5.96. The highest BCUT2D eigenvalue weighted by Crippen LogP contribution is 2.36. The van der Waals surface area contributed by atoms with Crippen LogP contribution in [0.15, 0.2) is 54.7 Å². The molecule has 3 aromatic heterocycles. The van der Waals surface area contributed by atoms with E-state index in [2.05, 4.69) is 35.9 Å². The molecule has 0 aliphatic rings. The summed E-state index contributed by atoms with van der Waals surface area (Å²) in [6, 6.07) is 8.63. The van der Waals surface area contributed by atoms with Crippen LogP contribution in [0.2, 0.25) is 0 Å². The van der Waals surface area contributed by atoms with Crippen molar-refractivity contribution < 1.29 is 31.1 Å². The van der Waals surface area contributed by atoms with Crippen molar-refractivity contribution in [2.45, 2.75) is 45.1 Å². The number of nitrogens with one attached hydrogen (secondary N) is 3. The van der Waals surface area contributed by atoms with Crippen molar-refractivity contribution in [3.05, 3.63) is 71.7 Å². The third-order valence-corrected chi connectivity index (χ3v) is 6.21. The zero-order valence-corrected chi connectivity index (χ0v) is 22.6. The van der Waals surface area contributed by atoms with Crippen LogP contribution in [0.4, 0.5) is 37.8 Å². The van der Waals surface area contributed by atoms with E-state index >= 15 is 0 Å². The second-order valence-corrected chi connectivity index (χ2v) is 9.43. The molecule has 4 aromatic rings. The molecule has 0 bridgehead atoms. The quantitative estimate of drug-likeness (QED) is 0.145. The second kappa shape index (κ2) is 12.7. The maximum atomic E-state index is 13.6. The Morgan fingerprint density at radius 3 is 2.33 bits per heavy atom. The number of aromatic nitrogens is 4. The summed E-state index contributed by atoms with van der Waals surface area (Å²) in [6.07, 6.45) is -6.58. The molecule has 8 nitrogen and oxygen atoms in total. The highest BCUT2D eigenvalue weighted by Gasteiger charge is 2.35. The first-order valence-corrected chi connectivity index (χ1v) is 13.0. The minimum atomic E-state index is -4.70. The standard InChI is InChI=1S/C28H27F6N7O/c1-3-35-14-4-6-16(2)37-26(42)25-40-23(38-18-10-8-17(9-11-18)27(29,30)31)19-12-13-21(39-24(19)41-25)22-20(28(32,33)34)7-5-15-36-22/h5,7-13,15-16,35H,3-4,6,14H2,1-2H3,(H,37,42)(H,38,39,40,41). The van der Waals surface area contributed by atoms with Crippen LogP contribution in [0.3, 0.4) is 0 Å². The molecule has 1 aromatic carbocycles. The van der Waals surface area contributed by atoms with E-state index in [1.807, 2.05) is 13.8 Å². The third kappa shape index (κ3) is 7.49. The van der Waals surface area contributed by atoms with Gasteiger partial charge in [-0.3, -0.25) is 9.78 Å². The zero-order chi connectivity index (χ0) is 30.5. The summed E-state index contributed by atoms with van der Waals surface area (Å²) in [7, 11) is 0. The maximum absolute atomic E-state index is 13.6. The van der Waals surface area contributed by atoms with Gasteiger partial charge >= 0.3 is 12.4 Å². The fourth-order valence-corrected chi connectivity index (χ4v) is 4.13. The number of carbonyl (C=O) groups excluding carboxylic acids is 1. The number of anilines is 2. The van der Waals surface area contributed by atoms with Gasteiger partial charge in [-0.2, -0.15) is 26.3 Å². The first-order chi connectivity index (χ1) is 19.9. The molecule has 4 rings (SSSR count). The Balaban J connectivity index is 1.74. The number of carbonyl (C=O) groups is 1. The van der Waals surface area contributed by atoms with Gasteiger partial charge in [0.1, 0.15) is 11.5 Å². The number of fused-ring (bicyclic) bond motifs is 1. The topological polar surface area (TPSA) is 105 Å². The minimum Gasteiger partial charge on any atom is -0.347 e. The minimum absolute atomic E-state index is 0.0285. The number of benzene rings is 1. The SMILES string of the molecule is CCNCCCC(C)NC(=O)c1nc(Nc2ccc(C(F)(F)F)cc2)c2ccc(-c3ncccc3C(F)(F)F)nc2n1. The van der Waals surface area contributed by atoms with E-state index in [0.717, 1.165) is 43.8 Å². The molecule has 3 heterocycles. The van der Waals surface area contributed by atoms with Crippen LogP contribution < -0.4 is 16.0 Å². The Labute approximate surface area is 237 Å². The smallest absolute Gasteiger partial charge is 0.347 e. The van der Waals surface area contributed by atoms with Crippen molar-refractivity contribution in [1.29, 1.82) is 0 Å². The summed E-state index contributed by atoms with van der Waals surface area (Å²) in [4.78, 5) is 29.7. The van der Waals surface area contributed by atoms with Crippen molar-refractivity contribution in [2.75, 3.05) is 18.4 Å². The van der Waals surface area contributed by atoms with E-state index in [1.165, 1.54) is 30.5 Å². The molecule has 1 amide bonds. The number of nitrogens with zero attached hydrogens (tertiary/aromatic N) is 4. The first kappa shape index (κ1) is 30.6. The lowest BCUT2D eigenvalue weighted by atomic mass is 10.1. The van der Waals surface area contributed by atoms with Crippen LogP contribution in [-0.2, 0) is 12.4 Å². The lowest BCUT2D eigenvalue weighted by Gasteiger charge is -2.15. The summed E-state index contributed by atoms with van der Waals surface area (Å²) in [5.41, 5.74) is -2.31. The van der Waals surface area contributed by atoms with Crippen LogP contribution >= 0.6 is 0 Å². The number of alkyl halides is 6. The van der Waals surface area contributed by atoms with Crippen LogP contribution in [0.25, 0.3) is 22.4 Å². The highest BCUT2D eigenvalue weighted by atomic mass is 19.4. The largest absolute Gasteiger partial charge is 0.418 e. The van der Waals surface area contributed by atoms with Gasteiger partial charge in [0.15, 0.2) is 5.65 Å². The number of hydrogen-bond acceptors (Lipinski definition) is 7. The monoisotopic (exact) mass is 591 g/mol. The molecule has 0 fully saturated rings. The number of halogens is 6. The summed E-state index contributed by atoms with van der Waals surface area (Å²) >= 11 is 0. The molecule has 0 aliphatic carbocycles. The predicted molar refractivity (Wildman–Crippen MR) is 145 cm³/mol. The molecule has 1 unspecified atom stereocenters. The van der Waals surface area contributed by atoms with Gasteiger partial charge in [-0.1, -0.05) is 6.92 Å². The van der Waals surface area contributed by atoms with E-state index in [1.54, 1.807) is 0 Å². The van der Waals surface area contributed by atoms with Gasteiger partial charge in [0, 0.05) is 17.9 Å². The van der Waals surface area contributed by atoms with E-state index in [9.17, 15) is 31.1 Å². The Bertz CT molecular complexity index is 1540. The Morgan fingerprint density at radius 2 is 1.67 bits per heavy atom. The van der Waals surface area contributed by atoms with Gasteiger partial charge in [0.2, 0.25) is 5.82 Å². The molecule has 42 heavy (non-hydrogen) atoms. The molecule has 222 valence electrons. The van der Waals surface area contributed by atoms with E-state index < -0.39 is 35.1 Å². The molecule has 14 heteroatoms. The second-order valence-electron chi connectivity index (χ2n) is 9.43. The normalized spacial score (nSPS) is 12.8. The molecule has 0 radical (unpaired) electrons. The summed E-state index contributed by atoms with van der Waals surface area (Å²) in [6.45, 7) is 5.38. The van der Waals surface area contributed by atoms with Gasteiger partial charge in [0.25, 0.3) is 5.91 Å². The van der Waals surface area contributed by atoms with E-state index in [-0.39, 0.29) is 40.1 Å². The summed E-state index contributed by atoms with van der Waals surface area (Å²) in [5.74, 6) is -0.942. The van der Waals surface area contributed by atoms with Crippen LogP contribution in [-0.4, -0.2) is 45.0 Å². The average molecular weight is 592 g/mol. The number of hydrogen-bond donors (Lipinski definition) is 3. The number of pyridine rings is 2. The maximum Gasteiger partial charge on any atom is 0.418 e. The average Bonchev–Trinajstić information content (AvgIpc) is 2.94. The summed E-state index contributed by atoms with van der Waals surface area (Å²) < 4.78 is 80.0. The molecule has 1 atom stereocenters. The lowest BCUT2D eigenvalue weighted by Crippen LogP contribution is -2.34. The predicted octanol–water partition coefficient (Wildman–Crippen LogP) is 6.38. The molecule has 0 spiro atoms. The van der Waals surface area contributed by atoms with Crippen LogP contribution in [0, 0.1) is 0 Å². The van der Waals surface area contributed by atoms with Crippen molar-refractivity contribution in [1.82, 2.24) is 30.6 Å². The Hall–Kier alpha value is -4.33.